The van der Waals surface area contributed by atoms with Crippen molar-refractivity contribution in [1.29, 1.82) is 0 Å². The van der Waals surface area contributed by atoms with Crippen LogP contribution in [0.5, 0.6) is 0 Å². The third kappa shape index (κ3) is 4.69. The summed E-state index contributed by atoms with van der Waals surface area (Å²) in [5.41, 5.74) is 2.91. The standard InChI is InChI=1S/C20H26ClN5O/c1-3-14-8-9-17(21)16(4-2)18(14)25-20(27)24-15-7-5-12-26(13-15)19-22-10-6-11-23-19/h6,8-11,15H,3-5,7,12-13H2,1-2H3,(H2,24,25,27). The van der Waals surface area contributed by atoms with Crippen LogP contribution in [0.1, 0.15) is 37.8 Å². The molecule has 0 aliphatic carbocycles. The first-order chi connectivity index (χ1) is 13.1. The van der Waals surface area contributed by atoms with Crippen molar-refractivity contribution in [2.45, 2.75) is 45.6 Å². The minimum Gasteiger partial charge on any atom is -0.339 e. The van der Waals surface area contributed by atoms with E-state index in [4.69, 9.17) is 11.6 Å². The van der Waals surface area contributed by atoms with Gasteiger partial charge in [0, 0.05) is 36.5 Å². The van der Waals surface area contributed by atoms with Gasteiger partial charge in [0.05, 0.1) is 5.69 Å². The van der Waals surface area contributed by atoms with Crippen molar-refractivity contribution in [2.24, 2.45) is 0 Å². The maximum Gasteiger partial charge on any atom is 0.319 e. The van der Waals surface area contributed by atoms with Crippen molar-refractivity contribution >= 4 is 29.3 Å². The van der Waals surface area contributed by atoms with Crippen LogP contribution in [0.2, 0.25) is 5.02 Å². The van der Waals surface area contributed by atoms with Gasteiger partial charge >= 0.3 is 6.03 Å². The van der Waals surface area contributed by atoms with Crippen molar-refractivity contribution in [2.75, 3.05) is 23.3 Å². The number of anilines is 2. The quantitative estimate of drug-likeness (QED) is 0.812. The first-order valence-corrected chi connectivity index (χ1v) is 9.89. The zero-order chi connectivity index (χ0) is 19.2. The largest absolute Gasteiger partial charge is 0.339 e. The first-order valence-electron chi connectivity index (χ1n) is 9.52. The number of hydrogen-bond donors (Lipinski definition) is 2. The number of rotatable bonds is 5. The van der Waals surface area contributed by atoms with E-state index in [1.807, 2.05) is 19.1 Å². The second-order valence-corrected chi connectivity index (χ2v) is 7.11. The molecule has 1 aliphatic heterocycles. The highest BCUT2D eigenvalue weighted by atomic mass is 35.5. The minimum atomic E-state index is -0.192. The average molecular weight is 388 g/mol. The monoisotopic (exact) mass is 387 g/mol. The molecule has 1 aromatic carbocycles. The molecule has 1 aliphatic rings. The van der Waals surface area contributed by atoms with Crippen molar-refractivity contribution in [1.82, 2.24) is 15.3 Å². The Morgan fingerprint density at radius 3 is 2.74 bits per heavy atom. The van der Waals surface area contributed by atoms with Crippen LogP contribution in [-0.4, -0.2) is 35.1 Å². The Morgan fingerprint density at radius 1 is 1.26 bits per heavy atom. The third-order valence-corrected chi connectivity index (χ3v) is 5.26. The van der Waals surface area contributed by atoms with Crippen LogP contribution in [0.3, 0.4) is 0 Å². The van der Waals surface area contributed by atoms with E-state index in [1.165, 1.54) is 0 Å². The number of aryl methyl sites for hydroxylation is 1. The lowest BCUT2D eigenvalue weighted by atomic mass is 10.0. The van der Waals surface area contributed by atoms with E-state index in [2.05, 4.69) is 32.4 Å². The Balaban J connectivity index is 1.67. The lowest BCUT2D eigenvalue weighted by Gasteiger charge is -2.33. The summed E-state index contributed by atoms with van der Waals surface area (Å²) in [5.74, 6) is 0.709. The number of carbonyl (C=O) groups is 1. The van der Waals surface area contributed by atoms with Gasteiger partial charge in [-0.1, -0.05) is 31.5 Å². The molecule has 1 unspecified atom stereocenters. The van der Waals surface area contributed by atoms with Gasteiger partial charge in [0.15, 0.2) is 0 Å². The van der Waals surface area contributed by atoms with Gasteiger partial charge < -0.3 is 15.5 Å². The van der Waals surface area contributed by atoms with E-state index in [1.54, 1.807) is 18.5 Å². The summed E-state index contributed by atoms with van der Waals surface area (Å²) in [7, 11) is 0. The lowest BCUT2D eigenvalue weighted by molar-refractivity contribution is 0.246. The Bertz CT molecular complexity index is 783. The number of aromatic nitrogens is 2. The fraction of sp³-hybridized carbons (Fsp3) is 0.450. The van der Waals surface area contributed by atoms with E-state index in [0.29, 0.717) is 17.5 Å². The van der Waals surface area contributed by atoms with Crippen LogP contribution in [0.4, 0.5) is 16.4 Å². The van der Waals surface area contributed by atoms with Crippen LogP contribution in [0, 0.1) is 0 Å². The minimum absolute atomic E-state index is 0.0527. The number of nitrogens with one attached hydrogen (secondary N) is 2. The number of benzene rings is 1. The molecule has 144 valence electrons. The van der Waals surface area contributed by atoms with E-state index < -0.39 is 0 Å². The molecule has 6 nitrogen and oxygen atoms in total. The fourth-order valence-corrected chi connectivity index (χ4v) is 3.82. The number of carbonyl (C=O) groups excluding carboxylic acids is 1. The number of halogens is 1. The van der Waals surface area contributed by atoms with Crippen LogP contribution in [0.15, 0.2) is 30.6 Å². The van der Waals surface area contributed by atoms with Crippen LogP contribution in [0.25, 0.3) is 0 Å². The molecule has 2 amide bonds. The summed E-state index contributed by atoms with van der Waals surface area (Å²) in [6.07, 6.45) is 7.01. The van der Waals surface area contributed by atoms with Gasteiger partial charge in [-0.3, -0.25) is 0 Å². The molecule has 2 heterocycles. The molecule has 0 bridgehead atoms. The van der Waals surface area contributed by atoms with Gasteiger partial charge in [-0.25, -0.2) is 14.8 Å². The van der Waals surface area contributed by atoms with Crippen molar-refractivity contribution in [3.05, 3.63) is 46.7 Å². The molecule has 0 saturated carbocycles. The highest BCUT2D eigenvalue weighted by Crippen LogP contribution is 2.29. The Hall–Kier alpha value is -2.34. The normalized spacial score (nSPS) is 16.9. The maximum atomic E-state index is 12.7. The summed E-state index contributed by atoms with van der Waals surface area (Å²) in [6.45, 7) is 5.72. The van der Waals surface area contributed by atoms with Gasteiger partial charge in [-0.2, -0.15) is 0 Å². The third-order valence-electron chi connectivity index (χ3n) is 4.91. The molecule has 2 aromatic rings. The van der Waals surface area contributed by atoms with Crippen LogP contribution >= 0.6 is 11.6 Å². The second-order valence-electron chi connectivity index (χ2n) is 6.70. The van der Waals surface area contributed by atoms with E-state index in [9.17, 15) is 4.79 Å². The van der Waals surface area contributed by atoms with Crippen LogP contribution in [-0.2, 0) is 12.8 Å². The maximum absolute atomic E-state index is 12.7. The number of hydrogen-bond acceptors (Lipinski definition) is 4. The Labute approximate surface area is 165 Å². The number of nitrogens with zero attached hydrogens (tertiary/aromatic N) is 3. The van der Waals surface area contributed by atoms with Crippen molar-refractivity contribution in [3.8, 4) is 0 Å². The van der Waals surface area contributed by atoms with Crippen molar-refractivity contribution in [3.63, 3.8) is 0 Å². The molecular formula is C20H26ClN5O. The zero-order valence-corrected chi connectivity index (χ0v) is 16.6. The van der Waals surface area contributed by atoms with E-state index in [0.717, 1.165) is 49.0 Å². The highest BCUT2D eigenvalue weighted by Gasteiger charge is 2.23. The lowest BCUT2D eigenvalue weighted by Crippen LogP contribution is -2.49. The molecule has 7 heteroatoms. The smallest absolute Gasteiger partial charge is 0.319 e. The van der Waals surface area contributed by atoms with E-state index in [-0.39, 0.29) is 12.1 Å². The first kappa shape index (κ1) is 19.4. The summed E-state index contributed by atoms with van der Waals surface area (Å²) in [4.78, 5) is 23.4. The van der Waals surface area contributed by atoms with Gasteiger partial charge in [0.25, 0.3) is 0 Å². The summed E-state index contributed by atoms with van der Waals surface area (Å²) >= 11 is 6.33. The SMILES string of the molecule is CCc1ccc(Cl)c(CC)c1NC(=O)NC1CCCN(c2ncccn2)C1. The molecule has 0 spiro atoms. The molecule has 27 heavy (non-hydrogen) atoms. The fourth-order valence-electron chi connectivity index (χ4n) is 3.53. The molecule has 2 N–H and O–H groups in total. The Kier molecular flexibility index (Phi) is 6.50. The molecule has 1 saturated heterocycles. The molecule has 1 aromatic heterocycles. The van der Waals surface area contributed by atoms with Gasteiger partial charge in [-0.15, -0.1) is 0 Å². The second kappa shape index (κ2) is 9.04. The molecule has 0 radical (unpaired) electrons. The van der Waals surface area contributed by atoms with Gasteiger partial charge in [0.1, 0.15) is 0 Å². The number of amides is 2. The summed E-state index contributed by atoms with van der Waals surface area (Å²) in [6, 6.07) is 5.55. The van der Waals surface area contributed by atoms with Crippen LogP contribution < -0.4 is 15.5 Å². The van der Waals surface area contributed by atoms with Crippen molar-refractivity contribution < 1.29 is 4.79 Å². The molecule has 3 rings (SSSR count). The van der Waals surface area contributed by atoms with Gasteiger partial charge in [-0.05, 0) is 48.9 Å². The number of urea groups is 1. The molecule has 1 fully saturated rings. The Morgan fingerprint density at radius 2 is 2.04 bits per heavy atom. The topological polar surface area (TPSA) is 70.2 Å². The summed E-state index contributed by atoms with van der Waals surface area (Å²) in [5, 5.41) is 6.83. The number of piperidine rings is 1. The predicted octanol–water partition coefficient (Wildman–Crippen LogP) is 4.05. The highest BCUT2D eigenvalue weighted by molar-refractivity contribution is 6.32. The summed E-state index contributed by atoms with van der Waals surface area (Å²) < 4.78 is 0. The van der Waals surface area contributed by atoms with E-state index >= 15 is 0 Å². The molecular weight excluding hydrogens is 362 g/mol. The predicted molar refractivity (Wildman–Crippen MR) is 110 cm³/mol. The zero-order valence-electron chi connectivity index (χ0n) is 15.8. The molecule has 1 atom stereocenters. The van der Waals surface area contributed by atoms with Gasteiger partial charge in [0.2, 0.25) is 5.95 Å². The average Bonchev–Trinajstić information content (AvgIpc) is 2.69.